The third kappa shape index (κ3) is 3.13. The van der Waals surface area contributed by atoms with Gasteiger partial charge in [-0.2, -0.15) is 0 Å². The minimum absolute atomic E-state index is 0.0506. The Kier molecular flexibility index (Phi) is 4.66. The highest BCUT2D eigenvalue weighted by Gasteiger charge is 2.18. The number of benzene rings is 1. The SMILES string of the molecule is Cc1csc(C(=O)Nc2ccc(I)cc2C(=O)O)c1Cl. The largest absolute Gasteiger partial charge is 0.478 e. The highest BCUT2D eigenvalue weighted by Crippen LogP contribution is 2.28. The molecule has 7 heteroatoms. The lowest BCUT2D eigenvalue weighted by Gasteiger charge is -2.08. The van der Waals surface area contributed by atoms with Crippen molar-refractivity contribution in [3.05, 3.63) is 48.2 Å². The summed E-state index contributed by atoms with van der Waals surface area (Å²) in [6.45, 7) is 1.81. The van der Waals surface area contributed by atoms with E-state index in [1.165, 1.54) is 17.4 Å². The van der Waals surface area contributed by atoms with Crippen LogP contribution in [0.3, 0.4) is 0 Å². The highest BCUT2D eigenvalue weighted by atomic mass is 127. The molecule has 0 spiro atoms. The van der Waals surface area contributed by atoms with Crippen LogP contribution in [0, 0.1) is 10.5 Å². The number of carbonyl (C=O) groups is 2. The third-order valence-electron chi connectivity index (χ3n) is 2.57. The Bertz CT molecular complexity index is 699. The molecule has 0 atom stereocenters. The number of nitrogens with one attached hydrogen (secondary N) is 1. The predicted molar refractivity (Wildman–Crippen MR) is 88.1 cm³/mol. The van der Waals surface area contributed by atoms with Crippen molar-refractivity contribution in [2.24, 2.45) is 0 Å². The maximum atomic E-state index is 12.1. The van der Waals surface area contributed by atoms with Gasteiger partial charge in [0.05, 0.1) is 16.3 Å². The van der Waals surface area contributed by atoms with Gasteiger partial charge >= 0.3 is 5.97 Å². The number of carboxylic acids is 1. The summed E-state index contributed by atoms with van der Waals surface area (Å²) in [5.41, 5.74) is 1.13. The zero-order valence-electron chi connectivity index (χ0n) is 10.2. The Morgan fingerprint density at radius 1 is 1.40 bits per heavy atom. The molecule has 4 nitrogen and oxygen atoms in total. The van der Waals surface area contributed by atoms with E-state index in [0.29, 0.717) is 9.90 Å². The van der Waals surface area contributed by atoms with E-state index >= 15 is 0 Å². The van der Waals surface area contributed by atoms with Crippen LogP contribution in [-0.4, -0.2) is 17.0 Å². The standard InChI is InChI=1S/C13H9ClINO3S/c1-6-5-20-11(10(6)14)12(17)16-9-3-2-7(15)4-8(9)13(18)19/h2-5H,1H3,(H,16,17)(H,18,19). The molecule has 0 unspecified atom stereocenters. The summed E-state index contributed by atoms with van der Waals surface area (Å²) in [6, 6.07) is 4.79. The fraction of sp³-hybridized carbons (Fsp3) is 0.0769. The monoisotopic (exact) mass is 421 g/mol. The van der Waals surface area contributed by atoms with Gasteiger partial charge in [-0.25, -0.2) is 4.79 Å². The van der Waals surface area contributed by atoms with Gasteiger partial charge < -0.3 is 10.4 Å². The summed E-state index contributed by atoms with van der Waals surface area (Å²) in [5.74, 6) is -1.50. The topological polar surface area (TPSA) is 66.4 Å². The van der Waals surface area contributed by atoms with Gasteiger partial charge in [-0.3, -0.25) is 4.79 Å². The Balaban J connectivity index is 2.33. The molecule has 2 aromatic rings. The van der Waals surface area contributed by atoms with Crippen LogP contribution in [0.15, 0.2) is 23.6 Å². The number of carbonyl (C=O) groups excluding carboxylic acids is 1. The summed E-state index contributed by atoms with van der Waals surface area (Å²) in [5, 5.41) is 13.9. The summed E-state index contributed by atoms with van der Waals surface area (Å²) >= 11 is 9.27. The number of hydrogen-bond donors (Lipinski definition) is 2. The number of aromatic carboxylic acids is 1. The van der Waals surface area contributed by atoms with Gasteiger partial charge in [-0.05, 0) is 58.7 Å². The Hall–Kier alpha value is -1.12. The van der Waals surface area contributed by atoms with Gasteiger partial charge in [0.2, 0.25) is 0 Å². The number of anilines is 1. The lowest BCUT2D eigenvalue weighted by molar-refractivity contribution is 0.0698. The first-order valence-electron chi connectivity index (χ1n) is 5.48. The zero-order valence-corrected chi connectivity index (χ0v) is 14.0. The minimum atomic E-state index is -1.09. The van der Waals surface area contributed by atoms with E-state index in [-0.39, 0.29) is 11.3 Å². The molecular weight excluding hydrogens is 413 g/mol. The highest BCUT2D eigenvalue weighted by molar-refractivity contribution is 14.1. The van der Waals surface area contributed by atoms with E-state index in [9.17, 15) is 9.59 Å². The maximum Gasteiger partial charge on any atom is 0.337 e. The molecule has 0 fully saturated rings. The lowest BCUT2D eigenvalue weighted by Crippen LogP contribution is -2.14. The molecule has 0 radical (unpaired) electrons. The van der Waals surface area contributed by atoms with E-state index in [1.54, 1.807) is 17.5 Å². The Labute approximate surface area is 137 Å². The van der Waals surface area contributed by atoms with Crippen molar-refractivity contribution in [1.29, 1.82) is 0 Å². The maximum absolute atomic E-state index is 12.1. The normalized spacial score (nSPS) is 10.3. The van der Waals surface area contributed by atoms with Gasteiger partial charge in [0.1, 0.15) is 4.88 Å². The Morgan fingerprint density at radius 2 is 2.10 bits per heavy atom. The van der Waals surface area contributed by atoms with Crippen molar-refractivity contribution in [1.82, 2.24) is 0 Å². The van der Waals surface area contributed by atoms with Crippen LogP contribution in [0.4, 0.5) is 5.69 Å². The molecule has 1 amide bonds. The number of hydrogen-bond acceptors (Lipinski definition) is 3. The van der Waals surface area contributed by atoms with E-state index < -0.39 is 11.9 Å². The van der Waals surface area contributed by atoms with Crippen molar-refractivity contribution in [3.63, 3.8) is 0 Å². The van der Waals surface area contributed by atoms with Crippen LogP contribution >= 0.6 is 45.5 Å². The molecule has 104 valence electrons. The minimum Gasteiger partial charge on any atom is -0.478 e. The molecule has 0 aliphatic heterocycles. The molecular formula is C13H9ClINO3S. The molecule has 0 bridgehead atoms. The smallest absolute Gasteiger partial charge is 0.337 e. The van der Waals surface area contributed by atoms with Crippen LogP contribution < -0.4 is 5.32 Å². The lowest BCUT2D eigenvalue weighted by atomic mass is 10.2. The van der Waals surface area contributed by atoms with Crippen molar-refractivity contribution in [2.75, 3.05) is 5.32 Å². The van der Waals surface area contributed by atoms with Crippen LogP contribution in [0.1, 0.15) is 25.6 Å². The molecule has 1 aromatic heterocycles. The molecule has 0 aliphatic carbocycles. The fourth-order valence-corrected chi connectivity index (χ4v) is 3.23. The average molecular weight is 422 g/mol. The van der Waals surface area contributed by atoms with E-state index in [0.717, 1.165) is 9.13 Å². The number of amides is 1. The van der Waals surface area contributed by atoms with Crippen LogP contribution in [0.25, 0.3) is 0 Å². The summed E-state index contributed by atoms with van der Waals surface area (Å²) in [6.07, 6.45) is 0. The van der Waals surface area contributed by atoms with Crippen LogP contribution in [-0.2, 0) is 0 Å². The van der Waals surface area contributed by atoms with Gasteiger partial charge in [0.15, 0.2) is 0 Å². The number of rotatable bonds is 3. The molecule has 0 aliphatic rings. The summed E-state index contributed by atoms with van der Waals surface area (Å²) < 4.78 is 0.781. The third-order valence-corrected chi connectivity index (χ3v) is 4.93. The van der Waals surface area contributed by atoms with E-state index in [4.69, 9.17) is 16.7 Å². The molecule has 2 rings (SSSR count). The van der Waals surface area contributed by atoms with Crippen molar-refractivity contribution < 1.29 is 14.7 Å². The number of aryl methyl sites for hydroxylation is 1. The first kappa shape index (κ1) is 15.3. The summed E-state index contributed by atoms with van der Waals surface area (Å²) in [7, 11) is 0. The van der Waals surface area contributed by atoms with Crippen LogP contribution in [0.2, 0.25) is 5.02 Å². The fourth-order valence-electron chi connectivity index (χ4n) is 1.56. The van der Waals surface area contributed by atoms with Gasteiger partial charge in [-0.1, -0.05) is 11.6 Å². The van der Waals surface area contributed by atoms with Crippen molar-refractivity contribution >= 4 is 63.1 Å². The van der Waals surface area contributed by atoms with Gasteiger partial charge in [0.25, 0.3) is 5.91 Å². The van der Waals surface area contributed by atoms with E-state index in [2.05, 4.69) is 5.32 Å². The zero-order chi connectivity index (χ0) is 14.9. The molecule has 20 heavy (non-hydrogen) atoms. The van der Waals surface area contributed by atoms with Crippen molar-refractivity contribution in [2.45, 2.75) is 6.92 Å². The second kappa shape index (κ2) is 6.11. The van der Waals surface area contributed by atoms with Crippen molar-refractivity contribution in [3.8, 4) is 0 Å². The number of carboxylic acid groups (broad SMARTS) is 1. The first-order valence-corrected chi connectivity index (χ1v) is 7.81. The summed E-state index contributed by atoms with van der Waals surface area (Å²) in [4.78, 5) is 23.7. The molecule has 1 heterocycles. The molecule has 0 saturated heterocycles. The average Bonchev–Trinajstić information content (AvgIpc) is 2.72. The molecule has 1 aromatic carbocycles. The second-order valence-electron chi connectivity index (χ2n) is 4.01. The van der Waals surface area contributed by atoms with Gasteiger partial charge in [-0.15, -0.1) is 11.3 Å². The molecule has 2 N–H and O–H groups in total. The first-order chi connectivity index (χ1) is 9.40. The van der Waals surface area contributed by atoms with Crippen LogP contribution in [0.5, 0.6) is 0 Å². The quantitative estimate of drug-likeness (QED) is 0.728. The van der Waals surface area contributed by atoms with E-state index in [1.807, 2.05) is 29.5 Å². The predicted octanol–water partition coefficient (Wildman–Crippen LogP) is 4.27. The second-order valence-corrected chi connectivity index (χ2v) is 6.51. The number of halogens is 2. The van der Waals surface area contributed by atoms with Gasteiger partial charge in [0, 0.05) is 3.57 Å². The molecule has 0 saturated carbocycles. The Morgan fingerprint density at radius 3 is 2.65 bits per heavy atom. The number of thiophene rings is 1.